The van der Waals surface area contributed by atoms with E-state index in [0.29, 0.717) is 12.0 Å². The van der Waals surface area contributed by atoms with Gasteiger partial charge in [0, 0.05) is 27.9 Å². The molecule has 0 radical (unpaired) electrons. The first kappa shape index (κ1) is 18.2. The zero-order valence-corrected chi connectivity index (χ0v) is 15.8. The Morgan fingerprint density at radius 1 is 1.28 bits per heavy atom. The van der Waals surface area contributed by atoms with Gasteiger partial charge in [0.25, 0.3) is 0 Å². The van der Waals surface area contributed by atoms with E-state index in [4.69, 9.17) is 0 Å². The Hall–Kier alpha value is -1.60. The molecule has 7 heteroatoms. The molecule has 1 aromatic heterocycles. The predicted molar refractivity (Wildman–Crippen MR) is 97.7 cm³/mol. The molecular formula is C18H20FNO3S2. The maximum absolute atomic E-state index is 12.9. The molecule has 4 nitrogen and oxygen atoms in total. The van der Waals surface area contributed by atoms with Crippen molar-refractivity contribution in [1.29, 1.82) is 0 Å². The Kier molecular flexibility index (Phi) is 5.06. The van der Waals surface area contributed by atoms with Gasteiger partial charge in [0.05, 0.1) is 17.3 Å². The molecular weight excluding hydrogens is 361 g/mol. The third-order valence-corrected chi connectivity index (χ3v) is 7.30. The normalized spacial score (nSPS) is 19.2. The number of ketones is 1. The first-order chi connectivity index (χ1) is 11.8. The second-order valence-electron chi connectivity index (χ2n) is 6.38. The Bertz CT molecular complexity index is 901. The highest BCUT2D eigenvalue weighted by molar-refractivity contribution is 8.00. The molecule has 25 heavy (non-hydrogen) atoms. The highest BCUT2D eigenvalue weighted by Crippen LogP contribution is 2.30. The standard InChI is InChI=1S/C18H20FNO3S2/c1-12-9-17(13(2)20(12)15-7-8-25(22,23)11-15)18(21)10-24-16-5-3-14(19)4-6-16/h3-6,9,15H,7-8,10-11H2,1-2H3/t15-/m0/s1. The number of Topliss-reactive ketones (excluding diaryl/α,β-unsaturated/α-hetero) is 1. The SMILES string of the molecule is Cc1cc(C(=O)CSc2ccc(F)cc2)c(C)n1[C@H]1CCS(=O)(=O)C1. The van der Waals surface area contributed by atoms with Crippen molar-refractivity contribution >= 4 is 27.4 Å². The van der Waals surface area contributed by atoms with Gasteiger partial charge in [-0.15, -0.1) is 11.8 Å². The van der Waals surface area contributed by atoms with Crippen LogP contribution in [0.15, 0.2) is 35.2 Å². The van der Waals surface area contributed by atoms with Crippen LogP contribution in [0, 0.1) is 19.7 Å². The van der Waals surface area contributed by atoms with Crippen LogP contribution in [0.1, 0.15) is 34.2 Å². The molecule has 1 aliphatic rings. The van der Waals surface area contributed by atoms with Crippen molar-refractivity contribution in [3.8, 4) is 0 Å². The summed E-state index contributed by atoms with van der Waals surface area (Å²) in [6.45, 7) is 3.77. The van der Waals surface area contributed by atoms with Crippen molar-refractivity contribution in [3.05, 3.63) is 53.1 Å². The van der Waals surface area contributed by atoms with Crippen LogP contribution in [-0.4, -0.2) is 36.0 Å². The summed E-state index contributed by atoms with van der Waals surface area (Å²) in [5, 5.41) is 0. The molecule has 1 atom stereocenters. The topological polar surface area (TPSA) is 56.1 Å². The molecule has 134 valence electrons. The van der Waals surface area contributed by atoms with Gasteiger partial charge in [-0.3, -0.25) is 4.79 Å². The number of benzene rings is 1. The van der Waals surface area contributed by atoms with E-state index in [-0.39, 0.29) is 34.9 Å². The lowest BCUT2D eigenvalue weighted by molar-refractivity contribution is 0.102. The highest BCUT2D eigenvalue weighted by atomic mass is 32.2. The second-order valence-corrected chi connectivity index (χ2v) is 9.65. The number of carbonyl (C=O) groups excluding carboxylic acids is 1. The summed E-state index contributed by atoms with van der Waals surface area (Å²) in [5.74, 6) is 0.304. The number of hydrogen-bond donors (Lipinski definition) is 0. The summed E-state index contributed by atoms with van der Waals surface area (Å²) in [6.07, 6.45) is 0.594. The minimum atomic E-state index is -2.98. The molecule has 0 N–H and O–H groups in total. The summed E-state index contributed by atoms with van der Waals surface area (Å²) < 4.78 is 38.4. The molecule has 0 amide bonds. The van der Waals surface area contributed by atoms with Crippen LogP contribution in [0.3, 0.4) is 0 Å². The van der Waals surface area contributed by atoms with Gasteiger partial charge >= 0.3 is 0 Å². The van der Waals surface area contributed by atoms with Crippen molar-refractivity contribution < 1.29 is 17.6 Å². The Balaban J connectivity index is 1.75. The van der Waals surface area contributed by atoms with Gasteiger partial charge in [0.1, 0.15) is 5.82 Å². The van der Waals surface area contributed by atoms with Gasteiger partial charge in [-0.25, -0.2) is 12.8 Å². The van der Waals surface area contributed by atoms with Crippen LogP contribution < -0.4 is 0 Å². The van der Waals surface area contributed by atoms with E-state index in [0.717, 1.165) is 16.3 Å². The lowest BCUT2D eigenvalue weighted by atomic mass is 10.2. The number of aromatic nitrogens is 1. The number of nitrogens with zero attached hydrogens (tertiary/aromatic N) is 1. The fourth-order valence-corrected chi connectivity index (χ4v) is 5.84. The van der Waals surface area contributed by atoms with Crippen molar-refractivity contribution in [3.63, 3.8) is 0 Å². The molecule has 0 aliphatic carbocycles. The Morgan fingerprint density at radius 2 is 1.96 bits per heavy atom. The quantitative estimate of drug-likeness (QED) is 0.587. The summed E-state index contributed by atoms with van der Waals surface area (Å²) in [7, 11) is -2.98. The van der Waals surface area contributed by atoms with Crippen molar-refractivity contribution in [2.24, 2.45) is 0 Å². The largest absolute Gasteiger partial charge is 0.344 e. The summed E-state index contributed by atoms with van der Waals surface area (Å²) in [5.41, 5.74) is 2.37. The van der Waals surface area contributed by atoms with Crippen LogP contribution in [-0.2, 0) is 9.84 Å². The third kappa shape index (κ3) is 3.98. The summed E-state index contributed by atoms with van der Waals surface area (Å²) in [6, 6.07) is 7.81. The summed E-state index contributed by atoms with van der Waals surface area (Å²) in [4.78, 5) is 13.4. The zero-order valence-electron chi connectivity index (χ0n) is 14.2. The molecule has 1 aromatic carbocycles. The fourth-order valence-electron chi connectivity index (χ4n) is 3.36. The third-order valence-electron chi connectivity index (χ3n) is 4.54. The van der Waals surface area contributed by atoms with Crippen LogP contribution in [0.25, 0.3) is 0 Å². The minimum absolute atomic E-state index is 0.00507. The zero-order chi connectivity index (χ0) is 18.2. The molecule has 0 saturated carbocycles. The lowest BCUT2D eigenvalue weighted by Gasteiger charge is -2.16. The van der Waals surface area contributed by atoms with E-state index in [1.165, 1.54) is 23.9 Å². The number of rotatable bonds is 5. The van der Waals surface area contributed by atoms with Gasteiger partial charge in [-0.2, -0.15) is 0 Å². The highest BCUT2D eigenvalue weighted by Gasteiger charge is 2.31. The number of hydrogen-bond acceptors (Lipinski definition) is 4. The number of thioether (sulfide) groups is 1. The monoisotopic (exact) mass is 381 g/mol. The van der Waals surface area contributed by atoms with Gasteiger partial charge in [-0.05, 0) is 50.6 Å². The number of sulfone groups is 1. The van der Waals surface area contributed by atoms with Crippen molar-refractivity contribution in [2.75, 3.05) is 17.3 Å². The van der Waals surface area contributed by atoms with Gasteiger partial charge in [0.2, 0.25) is 0 Å². The maximum Gasteiger partial charge on any atom is 0.174 e. The van der Waals surface area contributed by atoms with E-state index in [1.54, 1.807) is 12.1 Å². The lowest BCUT2D eigenvalue weighted by Crippen LogP contribution is -2.14. The van der Waals surface area contributed by atoms with Gasteiger partial charge in [-0.1, -0.05) is 0 Å². The molecule has 3 rings (SSSR count). The van der Waals surface area contributed by atoms with E-state index < -0.39 is 9.84 Å². The smallest absolute Gasteiger partial charge is 0.174 e. The molecule has 1 saturated heterocycles. The van der Waals surface area contributed by atoms with Gasteiger partial charge < -0.3 is 4.57 Å². The molecule has 0 bridgehead atoms. The molecule has 1 fully saturated rings. The molecule has 1 aliphatic heterocycles. The van der Waals surface area contributed by atoms with Crippen LogP contribution in [0.4, 0.5) is 4.39 Å². The summed E-state index contributed by atoms with van der Waals surface area (Å²) >= 11 is 1.37. The molecule has 0 unspecified atom stereocenters. The molecule has 2 heterocycles. The second kappa shape index (κ2) is 6.96. The number of carbonyl (C=O) groups is 1. The van der Waals surface area contributed by atoms with Crippen LogP contribution in [0.2, 0.25) is 0 Å². The Morgan fingerprint density at radius 3 is 2.56 bits per heavy atom. The van der Waals surface area contributed by atoms with Crippen molar-refractivity contribution in [2.45, 2.75) is 31.2 Å². The Labute approximate surface area is 151 Å². The van der Waals surface area contributed by atoms with E-state index in [9.17, 15) is 17.6 Å². The van der Waals surface area contributed by atoms with E-state index >= 15 is 0 Å². The molecule has 0 spiro atoms. The fraction of sp³-hybridized carbons (Fsp3) is 0.389. The number of halogens is 1. The average molecular weight is 381 g/mol. The first-order valence-electron chi connectivity index (χ1n) is 8.07. The average Bonchev–Trinajstić information content (AvgIpc) is 3.05. The van der Waals surface area contributed by atoms with Gasteiger partial charge in [0.15, 0.2) is 15.6 Å². The van der Waals surface area contributed by atoms with E-state index in [1.807, 2.05) is 24.5 Å². The van der Waals surface area contributed by atoms with E-state index in [2.05, 4.69) is 0 Å². The predicted octanol–water partition coefficient (Wildman–Crippen LogP) is 3.58. The first-order valence-corrected chi connectivity index (χ1v) is 10.9. The van der Waals surface area contributed by atoms with Crippen molar-refractivity contribution in [1.82, 2.24) is 4.57 Å². The molecule has 2 aromatic rings. The minimum Gasteiger partial charge on any atom is -0.344 e. The van der Waals surface area contributed by atoms with Crippen LogP contribution >= 0.6 is 11.8 Å². The number of aryl methyl sites for hydroxylation is 1. The van der Waals surface area contributed by atoms with Crippen LogP contribution in [0.5, 0.6) is 0 Å². The maximum atomic E-state index is 12.9.